The standard InChI is InChI=1S/C18H24Cl2O4/c1-4-14-10-16(23-7-6-17(19)20)11-15(5-2)18(14)24-9-8-22-12-13(3)21/h6,10-11H,4-5,7-9,12H2,1-3H3. The molecule has 0 spiro atoms. The fraction of sp³-hybridized carbons (Fsp3) is 0.500. The molecule has 0 saturated heterocycles. The first-order valence-electron chi connectivity index (χ1n) is 7.97. The normalized spacial score (nSPS) is 10.4. The molecule has 0 radical (unpaired) electrons. The predicted molar refractivity (Wildman–Crippen MR) is 97.5 cm³/mol. The Kier molecular flexibility index (Phi) is 9.84. The summed E-state index contributed by atoms with van der Waals surface area (Å²) < 4.78 is 17.0. The summed E-state index contributed by atoms with van der Waals surface area (Å²) in [5.41, 5.74) is 2.13. The number of carbonyl (C=O) groups excluding carboxylic acids is 1. The number of hydrogen-bond donors (Lipinski definition) is 0. The van der Waals surface area contributed by atoms with Gasteiger partial charge in [-0.25, -0.2) is 0 Å². The average molecular weight is 375 g/mol. The third kappa shape index (κ3) is 7.56. The molecule has 0 saturated carbocycles. The maximum atomic E-state index is 10.8. The zero-order valence-electron chi connectivity index (χ0n) is 14.4. The summed E-state index contributed by atoms with van der Waals surface area (Å²) in [6.45, 7) is 6.83. The molecule has 1 aromatic carbocycles. The van der Waals surface area contributed by atoms with Crippen molar-refractivity contribution in [3.63, 3.8) is 0 Å². The van der Waals surface area contributed by atoms with Crippen LogP contribution in [0.25, 0.3) is 0 Å². The lowest BCUT2D eigenvalue weighted by molar-refractivity contribution is -0.121. The Labute approximate surface area is 153 Å². The second-order valence-corrected chi connectivity index (χ2v) is 6.19. The van der Waals surface area contributed by atoms with Crippen molar-refractivity contribution >= 4 is 29.0 Å². The Balaban J connectivity index is 2.76. The van der Waals surface area contributed by atoms with Gasteiger partial charge in [0.15, 0.2) is 5.78 Å². The zero-order valence-corrected chi connectivity index (χ0v) is 15.9. The fourth-order valence-corrected chi connectivity index (χ4v) is 2.26. The van der Waals surface area contributed by atoms with E-state index in [-0.39, 0.29) is 16.9 Å². The summed E-state index contributed by atoms with van der Waals surface area (Å²) in [5.74, 6) is 1.63. The van der Waals surface area contributed by atoms with Gasteiger partial charge in [-0.2, -0.15) is 0 Å². The van der Waals surface area contributed by atoms with Gasteiger partial charge in [-0.1, -0.05) is 37.0 Å². The van der Waals surface area contributed by atoms with E-state index in [4.69, 9.17) is 37.4 Å². The predicted octanol–water partition coefficient (Wildman–Crippen LogP) is 4.49. The molecule has 0 amide bonds. The van der Waals surface area contributed by atoms with E-state index in [1.807, 2.05) is 12.1 Å². The molecule has 134 valence electrons. The molecule has 6 heteroatoms. The largest absolute Gasteiger partial charge is 0.491 e. The Morgan fingerprint density at radius 2 is 1.71 bits per heavy atom. The van der Waals surface area contributed by atoms with Gasteiger partial charge < -0.3 is 14.2 Å². The molecule has 0 aliphatic carbocycles. The lowest BCUT2D eigenvalue weighted by Gasteiger charge is -2.17. The molecule has 0 aliphatic heterocycles. The summed E-state index contributed by atoms with van der Waals surface area (Å²) >= 11 is 11.2. The van der Waals surface area contributed by atoms with Crippen LogP contribution >= 0.6 is 23.2 Å². The van der Waals surface area contributed by atoms with E-state index < -0.39 is 0 Å². The summed E-state index contributed by atoms with van der Waals surface area (Å²) in [5, 5.41) is 0. The average Bonchev–Trinajstić information content (AvgIpc) is 2.54. The van der Waals surface area contributed by atoms with Crippen LogP contribution in [0.3, 0.4) is 0 Å². The van der Waals surface area contributed by atoms with Crippen molar-refractivity contribution in [3.8, 4) is 11.5 Å². The first-order valence-corrected chi connectivity index (χ1v) is 8.73. The molecule has 0 heterocycles. The van der Waals surface area contributed by atoms with Crippen molar-refractivity contribution in [1.82, 2.24) is 0 Å². The number of ether oxygens (including phenoxy) is 3. The van der Waals surface area contributed by atoms with Crippen LogP contribution in [0.2, 0.25) is 0 Å². The van der Waals surface area contributed by atoms with Crippen LogP contribution in [0, 0.1) is 0 Å². The van der Waals surface area contributed by atoms with Gasteiger partial charge in [-0.05, 0) is 49.1 Å². The number of ketones is 1. The zero-order chi connectivity index (χ0) is 17.9. The molecule has 4 nitrogen and oxygen atoms in total. The molecule has 0 fully saturated rings. The van der Waals surface area contributed by atoms with Crippen molar-refractivity contribution in [1.29, 1.82) is 0 Å². The number of benzene rings is 1. The van der Waals surface area contributed by atoms with E-state index in [1.165, 1.54) is 6.92 Å². The molecular weight excluding hydrogens is 351 g/mol. The molecule has 0 atom stereocenters. The van der Waals surface area contributed by atoms with Crippen LogP contribution in [-0.4, -0.2) is 32.2 Å². The molecule has 0 aliphatic rings. The second kappa shape index (κ2) is 11.3. The van der Waals surface area contributed by atoms with Gasteiger partial charge in [0.1, 0.15) is 35.8 Å². The van der Waals surface area contributed by atoms with Crippen LogP contribution in [-0.2, 0) is 22.4 Å². The van der Waals surface area contributed by atoms with Crippen LogP contribution in [0.5, 0.6) is 11.5 Å². The minimum Gasteiger partial charge on any atom is -0.491 e. The Bertz CT molecular complexity index is 541. The number of rotatable bonds is 11. The van der Waals surface area contributed by atoms with Gasteiger partial charge in [-0.3, -0.25) is 4.79 Å². The minimum absolute atomic E-state index is 0.00564. The van der Waals surface area contributed by atoms with Crippen molar-refractivity contribution in [2.24, 2.45) is 0 Å². The van der Waals surface area contributed by atoms with Gasteiger partial charge in [0.05, 0.1) is 6.61 Å². The highest BCUT2D eigenvalue weighted by atomic mass is 35.5. The van der Waals surface area contributed by atoms with Gasteiger partial charge in [0.25, 0.3) is 0 Å². The first-order chi connectivity index (χ1) is 11.5. The molecule has 0 bridgehead atoms. The Morgan fingerprint density at radius 1 is 1.08 bits per heavy atom. The van der Waals surface area contributed by atoms with Crippen molar-refractivity contribution in [3.05, 3.63) is 33.8 Å². The Hall–Kier alpha value is -1.23. The lowest BCUT2D eigenvalue weighted by Crippen LogP contribution is -2.12. The van der Waals surface area contributed by atoms with E-state index >= 15 is 0 Å². The SMILES string of the molecule is CCc1cc(OCC=C(Cl)Cl)cc(CC)c1OCCOCC(C)=O. The van der Waals surface area contributed by atoms with Crippen LogP contribution in [0.15, 0.2) is 22.7 Å². The first kappa shape index (κ1) is 20.8. The fourth-order valence-electron chi connectivity index (χ4n) is 2.14. The molecule has 24 heavy (non-hydrogen) atoms. The van der Waals surface area contributed by atoms with Gasteiger partial charge in [-0.15, -0.1) is 0 Å². The van der Waals surface area contributed by atoms with Crippen LogP contribution in [0.1, 0.15) is 31.9 Å². The summed E-state index contributed by atoms with van der Waals surface area (Å²) in [7, 11) is 0. The molecule has 1 rings (SSSR count). The topological polar surface area (TPSA) is 44.8 Å². The lowest BCUT2D eigenvalue weighted by atomic mass is 10.0. The monoisotopic (exact) mass is 374 g/mol. The summed E-state index contributed by atoms with van der Waals surface area (Å²) in [6.07, 6.45) is 3.23. The van der Waals surface area contributed by atoms with Crippen LogP contribution < -0.4 is 9.47 Å². The van der Waals surface area contributed by atoms with Crippen molar-refractivity contribution in [2.45, 2.75) is 33.6 Å². The molecule has 1 aromatic rings. The maximum Gasteiger partial charge on any atom is 0.155 e. The maximum absolute atomic E-state index is 10.8. The molecular formula is C18H24Cl2O4. The highest BCUT2D eigenvalue weighted by Crippen LogP contribution is 2.31. The van der Waals surface area contributed by atoms with Gasteiger partial charge in [0.2, 0.25) is 0 Å². The van der Waals surface area contributed by atoms with E-state index in [2.05, 4.69) is 13.8 Å². The number of hydrogen-bond acceptors (Lipinski definition) is 4. The molecule has 0 unspecified atom stereocenters. The third-order valence-corrected chi connectivity index (χ3v) is 3.55. The number of aryl methyl sites for hydroxylation is 2. The quantitative estimate of drug-likeness (QED) is 0.535. The van der Waals surface area contributed by atoms with E-state index in [0.29, 0.717) is 19.8 Å². The summed E-state index contributed by atoms with van der Waals surface area (Å²) in [6, 6.07) is 3.92. The second-order valence-electron chi connectivity index (χ2n) is 5.19. The van der Waals surface area contributed by atoms with Crippen molar-refractivity contribution in [2.75, 3.05) is 26.4 Å². The number of Topliss-reactive ketones (excluding diaryl/α,β-unsaturated/α-hetero) is 1. The summed E-state index contributed by atoms with van der Waals surface area (Å²) in [4.78, 5) is 10.8. The van der Waals surface area contributed by atoms with E-state index in [1.54, 1.807) is 6.08 Å². The van der Waals surface area contributed by atoms with Crippen LogP contribution in [0.4, 0.5) is 0 Å². The highest BCUT2D eigenvalue weighted by molar-refractivity contribution is 6.55. The van der Waals surface area contributed by atoms with Gasteiger partial charge >= 0.3 is 0 Å². The van der Waals surface area contributed by atoms with E-state index in [9.17, 15) is 4.79 Å². The Morgan fingerprint density at radius 3 is 2.21 bits per heavy atom. The number of halogens is 2. The van der Waals surface area contributed by atoms with Crippen molar-refractivity contribution < 1.29 is 19.0 Å². The van der Waals surface area contributed by atoms with Gasteiger partial charge in [0, 0.05) is 0 Å². The molecule has 0 aromatic heterocycles. The highest BCUT2D eigenvalue weighted by Gasteiger charge is 2.11. The third-order valence-electron chi connectivity index (χ3n) is 3.25. The van der Waals surface area contributed by atoms with E-state index in [0.717, 1.165) is 35.5 Å². The number of carbonyl (C=O) groups is 1. The minimum atomic E-state index is 0.00564. The smallest absolute Gasteiger partial charge is 0.155 e. The molecule has 0 N–H and O–H groups in total.